The number of rotatable bonds is 0. The zero-order chi connectivity index (χ0) is 7.72. The van der Waals surface area contributed by atoms with E-state index in [2.05, 4.69) is 41.4 Å². The van der Waals surface area contributed by atoms with Crippen LogP contribution in [0.4, 0.5) is 0 Å². The fraction of sp³-hybridized carbons (Fsp3) is 0.429. The molecule has 0 unspecified atom stereocenters. The van der Waals surface area contributed by atoms with E-state index in [1.165, 1.54) is 5.70 Å². The molecule has 2 nitrogen and oxygen atoms in total. The van der Waals surface area contributed by atoms with E-state index in [1.807, 2.05) is 0 Å². The molecule has 0 aromatic heterocycles. The molecule has 3 heteroatoms. The van der Waals surface area contributed by atoms with Gasteiger partial charge in [0.05, 0.1) is 0 Å². The summed E-state index contributed by atoms with van der Waals surface area (Å²) in [4.78, 5) is 0. The van der Waals surface area contributed by atoms with Gasteiger partial charge in [-0.1, -0.05) is 0 Å². The molecule has 2 radical (unpaired) electrons. The summed E-state index contributed by atoms with van der Waals surface area (Å²) in [5.74, 6) is 0. The second-order valence-corrected chi connectivity index (χ2v) is 5.73. The van der Waals surface area contributed by atoms with Crippen LogP contribution < -0.4 is 0 Å². The molecule has 0 amide bonds. The molecule has 54 valence electrons. The first-order valence-corrected chi connectivity index (χ1v) is 5.10. The fourth-order valence-electron chi connectivity index (χ4n) is 0.803. The van der Waals surface area contributed by atoms with Crippen molar-refractivity contribution in [3.63, 3.8) is 0 Å². The van der Waals surface area contributed by atoms with Gasteiger partial charge in [-0.2, -0.15) is 0 Å². The third-order valence-corrected chi connectivity index (χ3v) is 4.24. The van der Waals surface area contributed by atoms with Crippen molar-refractivity contribution in [1.82, 2.24) is 7.71 Å². The minimum absolute atomic E-state index is 0.120. The third kappa shape index (κ3) is 1.37. The molecule has 10 heavy (non-hydrogen) atoms. The Hall–Kier alpha value is -0.377. The fourth-order valence-corrected chi connectivity index (χ4v) is 2.62. The van der Waals surface area contributed by atoms with Crippen molar-refractivity contribution >= 4 is 15.9 Å². The van der Waals surface area contributed by atoms with Crippen LogP contribution in [0.1, 0.15) is 6.92 Å². The summed E-state index contributed by atoms with van der Waals surface area (Å²) >= 11 is -0.120. The Morgan fingerprint density at radius 2 is 2.00 bits per heavy atom. The minimum atomic E-state index is -0.120. The van der Waals surface area contributed by atoms with Crippen molar-refractivity contribution in [3.05, 3.63) is 24.0 Å². The SMILES string of the molecule is C=C1C=C(C)[N](C)[Ge][N]1C. The summed E-state index contributed by atoms with van der Waals surface area (Å²) in [5, 5.41) is 0. The van der Waals surface area contributed by atoms with E-state index in [0.29, 0.717) is 0 Å². The van der Waals surface area contributed by atoms with Crippen LogP contribution in [0.2, 0.25) is 0 Å². The average Bonchev–Trinajstić information content (AvgIpc) is 1.84. The molecule has 0 aromatic carbocycles. The van der Waals surface area contributed by atoms with E-state index in [4.69, 9.17) is 0 Å². The topological polar surface area (TPSA) is 6.48 Å². The van der Waals surface area contributed by atoms with Crippen LogP contribution in [0.25, 0.3) is 0 Å². The van der Waals surface area contributed by atoms with Crippen LogP contribution >= 0.6 is 0 Å². The number of hydrogen-bond donors (Lipinski definition) is 0. The van der Waals surface area contributed by atoms with Gasteiger partial charge in [0.15, 0.2) is 0 Å². The van der Waals surface area contributed by atoms with Crippen LogP contribution in [0.3, 0.4) is 0 Å². The van der Waals surface area contributed by atoms with Gasteiger partial charge >= 0.3 is 68.7 Å². The second kappa shape index (κ2) is 2.70. The molecule has 1 heterocycles. The number of hydrogen-bond acceptors (Lipinski definition) is 2. The molecule has 0 aromatic rings. The quantitative estimate of drug-likeness (QED) is 0.530. The van der Waals surface area contributed by atoms with E-state index in [-0.39, 0.29) is 15.9 Å². The van der Waals surface area contributed by atoms with Crippen molar-refractivity contribution < 1.29 is 0 Å². The van der Waals surface area contributed by atoms with Crippen LogP contribution in [0.5, 0.6) is 0 Å². The number of nitrogens with zero attached hydrogens (tertiary/aromatic N) is 2. The van der Waals surface area contributed by atoms with E-state index in [0.717, 1.165) is 5.70 Å². The van der Waals surface area contributed by atoms with Crippen LogP contribution in [-0.4, -0.2) is 37.7 Å². The number of likely N-dealkylation sites (N-methyl/N-ethyl adjacent to an activating group) is 1. The molecular formula is C7H12GeN2. The second-order valence-electron chi connectivity index (χ2n) is 2.50. The summed E-state index contributed by atoms with van der Waals surface area (Å²) in [6.45, 7) is 6.06. The molecule has 1 rings (SSSR count). The predicted octanol–water partition coefficient (Wildman–Crippen LogP) is 0.815. The van der Waals surface area contributed by atoms with Gasteiger partial charge < -0.3 is 0 Å². The first kappa shape index (κ1) is 7.73. The maximum atomic E-state index is 3.93. The van der Waals surface area contributed by atoms with Crippen molar-refractivity contribution in [3.8, 4) is 0 Å². The van der Waals surface area contributed by atoms with E-state index < -0.39 is 0 Å². The zero-order valence-electron chi connectivity index (χ0n) is 6.68. The summed E-state index contributed by atoms with van der Waals surface area (Å²) in [5.41, 5.74) is 2.48. The normalized spacial score (nSPS) is 19.5. The Balaban J connectivity index is 2.79. The third-order valence-electron chi connectivity index (χ3n) is 1.64. The molecule has 0 fully saturated rings. The summed E-state index contributed by atoms with van der Waals surface area (Å²) < 4.78 is 4.56. The zero-order valence-corrected chi connectivity index (χ0v) is 8.78. The van der Waals surface area contributed by atoms with E-state index >= 15 is 0 Å². The van der Waals surface area contributed by atoms with Crippen LogP contribution in [0.15, 0.2) is 24.0 Å². The standard InChI is InChI=1S/C7H12GeN2/c1-6-5-7(2)10(4)8-9(6)3/h5H,1H2,2-4H3. The van der Waals surface area contributed by atoms with Gasteiger partial charge in [0.2, 0.25) is 0 Å². The summed E-state index contributed by atoms with van der Waals surface area (Å²) in [6, 6.07) is 0. The van der Waals surface area contributed by atoms with Gasteiger partial charge in [0.1, 0.15) is 0 Å². The predicted molar refractivity (Wildman–Crippen MR) is 44.2 cm³/mol. The van der Waals surface area contributed by atoms with Gasteiger partial charge in [-0.15, -0.1) is 0 Å². The number of allylic oxidation sites excluding steroid dienone is 2. The Kier molecular flexibility index (Phi) is 2.09. The van der Waals surface area contributed by atoms with Crippen molar-refractivity contribution in [2.75, 3.05) is 14.1 Å². The van der Waals surface area contributed by atoms with Gasteiger partial charge in [0, 0.05) is 0 Å². The average molecular weight is 197 g/mol. The Morgan fingerprint density at radius 1 is 1.40 bits per heavy atom. The van der Waals surface area contributed by atoms with Crippen molar-refractivity contribution in [1.29, 1.82) is 0 Å². The molecule has 0 saturated carbocycles. The molecule has 0 aliphatic carbocycles. The maximum absolute atomic E-state index is 3.93. The van der Waals surface area contributed by atoms with Gasteiger partial charge in [-0.3, -0.25) is 0 Å². The molecule has 1 aliphatic heterocycles. The Bertz CT molecular complexity index is 186. The molecule has 0 saturated heterocycles. The van der Waals surface area contributed by atoms with Crippen LogP contribution in [-0.2, 0) is 0 Å². The van der Waals surface area contributed by atoms with Gasteiger partial charge in [-0.25, -0.2) is 0 Å². The summed E-state index contributed by atoms with van der Waals surface area (Å²) in [7, 11) is 4.23. The van der Waals surface area contributed by atoms with E-state index in [1.54, 1.807) is 0 Å². The monoisotopic (exact) mass is 198 g/mol. The first-order valence-electron chi connectivity index (χ1n) is 3.22. The van der Waals surface area contributed by atoms with Gasteiger partial charge in [-0.05, 0) is 0 Å². The molecular weight excluding hydrogens is 185 g/mol. The summed E-state index contributed by atoms with van der Waals surface area (Å²) in [6.07, 6.45) is 2.12. The Labute approximate surface area is 69.1 Å². The van der Waals surface area contributed by atoms with E-state index in [9.17, 15) is 0 Å². The van der Waals surface area contributed by atoms with Crippen molar-refractivity contribution in [2.45, 2.75) is 6.92 Å². The molecule has 1 aliphatic rings. The van der Waals surface area contributed by atoms with Gasteiger partial charge in [0.25, 0.3) is 0 Å². The molecule has 0 N–H and O–H groups in total. The molecule has 0 spiro atoms. The first-order chi connectivity index (χ1) is 4.61. The Morgan fingerprint density at radius 3 is 2.50 bits per heavy atom. The molecule has 0 atom stereocenters. The van der Waals surface area contributed by atoms with Crippen LogP contribution in [0, 0.1) is 0 Å². The molecule has 0 bridgehead atoms. The van der Waals surface area contributed by atoms with Crippen molar-refractivity contribution in [2.24, 2.45) is 0 Å².